The van der Waals surface area contributed by atoms with Crippen LogP contribution in [0, 0.1) is 6.92 Å². The molecule has 0 bridgehead atoms. The molecule has 2 aliphatic rings. The molecule has 3 aromatic carbocycles. The number of benzene rings is 3. The molecule has 190 valence electrons. The zero-order chi connectivity index (χ0) is 25.9. The van der Waals surface area contributed by atoms with Crippen LogP contribution in [0.15, 0.2) is 72.8 Å². The highest BCUT2D eigenvalue weighted by atomic mass is 16.2. The Morgan fingerprint density at radius 2 is 1.65 bits per heavy atom. The van der Waals surface area contributed by atoms with Crippen molar-refractivity contribution in [2.75, 3.05) is 41.4 Å². The first-order valence-electron chi connectivity index (χ1n) is 13.1. The second kappa shape index (κ2) is 10.5. The number of carbonyl (C=O) groups excluding carboxylic acids is 2. The number of piperidine rings is 1. The van der Waals surface area contributed by atoms with Gasteiger partial charge in [-0.2, -0.15) is 0 Å². The third-order valence-electron chi connectivity index (χ3n) is 7.19. The number of fused-ring (bicyclic) bond motifs is 1. The summed E-state index contributed by atoms with van der Waals surface area (Å²) >= 11 is 0. The number of urea groups is 1. The summed E-state index contributed by atoms with van der Waals surface area (Å²) in [5.41, 5.74) is 6.83. The summed E-state index contributed by atoms with van der Waals surface area (Å²) in [7, 11) is 1.99. The van der Waals surface area contributed by atoms with Crippen molar-refractivity contribution in [2.45, 2.75) is 33.1 Å². The van der Waals surface area contributed by atoms with Gasteiger partial charge in [0, 0.05) is 43.6 Å². The lowest BCUT2D eigenvalue weighted by atomic mass is 9.98. The molecule has 1 saturated heterocycles. The average molecular weight is 495 g/mol. The molecular formula is C31H34N4O2. The predicted molar refractivity (Wildman–Crippen MR) is 152 cm³/mol. The molecule has 3 aromatic rings. The van der Waals surface area contributed by atoms with Gasteiger partial charge in [0.2, 0.25) is 0 Å². The minimum Gasteiger partial charge on any atom is -0.372 e. The molecule has 37 heavy (non-hydrogen) atoms. The van der Waals surface area contributed by atoms with Gasteiger partial charge in [0.15, 0.2) is 0 Å². The van der Waals surface area contributed by atoms with Gasteiger partial charge in [0.1, 0.15) is 0 Å². The Labute approximate surface area is 219 Å². The lowest BCUT2D eigenvalue weighted by molar-refractivity contribution is -0.112. The quantitative estimate of drug-likeness (QED) is 0.438. The first-order chi connectivity index (χ1) is 18.0. The Balaban J connectivity index is 1.64. The number of carbonyl (C=O) groups is 2. The molecule has 0 saturated carbocycles. The van der Waals surface area contributed by atoms with Crippen LogP contribution in [0.5, 0.6) is 0 Å². The second-order valence-corrected chi connectivity index (χ2v) is 9.71. The number of nitrogens with one attached hydrogen (secondary N) is 1. The van der Waals surface area contributed by atoms with Crippen LogP contribution < -0.4 is 20.0 Å². The van der Waals surface area contributed by atoms with Gasteiger partial charge in [-0.1, -0.05) is 42.0 Å². The predicted octanol–water partition coefficient (Wildman–Crippen LogP) is 6.07. The first kappa shape index (κ1) is 24.6. The summed E-state index contributed by atoms with van der Waals surface area (Å²) in [6, 6.07) is 23.9. The minimum absolute atomic E-state index is 0.317. The molecular weight excluding hydrogens is 460 g/mol. The zero-order valence-corrected chi connectivity index (χ0v) is 21.8. The van der Waals surface area contributed by atoms with Crippen molar-refractivity contribution in [3.8, 4) is 0 Å². The smallest absolute Gasteiger partial charge is 0.329 e. The third-order valence-corrected chi connectivity index (χ3v) is 7.19. The van der Waals surface area contributed by atoms with E-state index in [9.17, 15) is 9.59 Å². The Morgan fingerprint density at radius 3 is 2.32 bits per heavy atom. The van der Waals surface area contributed by atoms with Gasteiger partial charge in [0.25, 0.3) is 5.91 Å². The SMILES string of the molecule is CCNC(=O)N1C(=O)/C(=C(/c2ccccc2)N(C)c2ccc(N3CCCCC3)cc2)c2cc(C)ccc21. The molecule has 1 fully saturated rings. The molecule has 0 aliphatic carbocycles. The van der Waals surface area contributed by atoms with Crippen LogP contribution in [0.3, 0.4) is 0 Å². The number of anilines is 3. The number of rotatable bonds is 5. The van der Waals surface area contributed by atoms with E-state index in [1.54, 1.807) is 0 Å². The number of amides is 3. The Morgan fingerprint density at radius 1 is 0.946 bits per heavy atom. The van der Waals surface area contributed by atoms with Gasteiger partial charge < -0.3 is 15.1 Å². The fraction of sp³-hybridized carbons (Fsp3) is 0.290. The molecule has 2 heterocycles. The van der Waals surface area contributed by atoms with E-state index in [0.717, 1.165) is 41.2 Å². The first-order valence-corrected chi connectivity index (χ1v) is 13.1. The van der Waals surface area contributed by atoms with E-state index in [0.29, 0.717) is 17.8 Å². The molecule has 6 heteroatoms. The third kappa shape index (κ3) is 4.71. The molecule has 1 N–H and O–H groups in total. The Kier molecular flexibility index (Phi) is 6.99. The van der Waals surface area contributed by atoms with Crippen molar-refractivity contribution in [3.05, 3.63) is 89.5 Å². The highest BCUT2D eigenvalue weighted by Crippen LogP contribution is 2.43. The van der Waals surface area contributed by atoms with Crippen LogP contribution in [-0.4, -0.2) is 38.6 Å². The van der Waals surface area contributed by atoms with E-state index in [-0.39, 0.29) is 5.91 Å². The summed E-state index contributed by atoms with van der Waals surface area (Å²) in [6.45, 7) is 6.48. The van der Waals surface area contributed by atoms with Crippen molar-refractivity contribution in [2.24, 2.45) is 0 Å². The Bertz CT molecular complexity index is 1330. The van der Waals surface area contributed by atoms with Gasteiger partial charge >= 0.3 is 6.03 Å². The van der Waals surface area contributed by atoms with E-state index >= 15 is 0 Å². The van der Waals surface area contributed by atoms with E-state index in [1.807, 2.05) is 69.4 Å². The van der Waals surface area contributed by atoms with Gasteiger partial charge in [-0.3, -0.25) is 4.79 Å². The lowest BCUT2D eigenvalue weighted by Crippen LogP contribution is -2.42. The van der Waals surface area contributed by atoms with Gasteiger partial charge in [-0.25, -0.2) is 9.69 Å². The fourth-order valence-electron chi connectivity index (χ4n) is 5.31. The molecule has 3 amide bonds. The normalized spacial score (nSPS) is 16.5. The maximum Gasteiger partial charge on any atom is 0.329 e. The summed E-state index contributed by atoms with van der Waals surface area (Å²) in [6.07, 6.45) is 3.76. The number of nitrogens with zero attached hydrogens (tertiary/aromatic N) is 3. The van der Waals surface area contributed by atoms with E-state index in [1.165, 1.54) is 29.8 Å². The molecule has 0 radical (unpaired) electrons. The number of hydrogen-bond donors (Lipinski definition) is 1. The fourth-order valence-corrected chi connectivity index (χ4v) is 5.31. The molecule has 0 unspecified atom stereocenters. The van der Waals surface area contributed by atoms with Crippen molar-refractivity contribution in [3.63, 3.8) is 0 Å². The zero-order valence-electron chi connectivity index (χ0n) is 21.8. The molecule has 6 nitrogen and oxygen atoms in total. The largest absolute Gasteiger partial charge is 0.372 e. The monoisotopic (exact) mass is 494 g/mol. The average Bonchev–Trinajstić information content (AvgIpc) is 3.21. The molecule has 0 aromatic heterocycles. The standard InChI is InChI=1S/C31H34N4O2/c1-4-32-31(37)35-27-18-13-22(2)21-26(27)28(30(35)36)29(23-11-7-5-8-12-23)33(3)24-14-16-25(17-15-24)34-19-9-6-10-20-34/h5,7-8,11-18,21H,4,6,9-10,19-20H2,1-3H3,(H,32,37)/b29-28-. The van der Waals surface area contributed by atoms with Gasteiger partial charge in [-0.15, -0.1) is 0 Å². The number of aryl methyl sites for hydroxylation is 1. The van der Waals surface area contributed by atoms with Crippen molar-refractivity contribution < 1.29 is 9.59 Å². The highest BCUT2D eigenvalue weighted by molar-refractivity contribution is 6.43. The van der Waals surface area contributed by atoms with Crippen LogP contribution in [-0.2, 0) is 4.79 Å². The van der Waals surface area contributed by atoms with Crippen LogP contribution in [0.1, 0.15) is 42.9 Å². The molecule has 5 rings (SSSR count). The van der Waals surface area contributed by atoms with Gasteiger partial charge in [-0.05, 0) is 75.1 Å². The molecule has 0 atom stereocenters. The summed E-state index contributed by atoms with van der Waals surface area (Å²) in [5, 5.41) is 2.80. The van der Waals surface area contributed by atoms with E-state index < -0.39 is 6.03 Å². The van der Waals surface area contributed by atoms with Crippen molar-refractivity contribution in [1.29, 1.82) is 0 Å². The lowest BCUT2D eigenvalue weighted by Gasteiger charge is -2.30. The van der Waals surface area contributed by atoms with Crippen molar-refractivity contribution in [1.82, 2.24) is 5.32 Å². The maximum atomic E-state index is 14.0. The summed E-state index contributed by atoms with van der Waals surface area (Å²) < 4.78 is 0. The van der Waals surface area contributed by atoms with Crippen LogP contribution in [0.25, 0.3) is 11.3 Å². The topological polar surface area (TPSA) is 55.9 Å². The van der Waals surface area contributed by atoms with E-state index in [4.69, 9.17) is 0 Å². The number of imide groups is 1. The van der Waals surface area contributed by atoms with Crippen molar-refractivity contribution >= 4 is 40.3 Å². The number of hydrogen-bond acceptors (Lipinski definition) is 4. The summed E-state index contributed by atoms with van der Waals surface area (Å²) in [4.78, 5) is 32.7. The van der Waals surface area contributed by atoms with Crippen LogP contribution in [0.2, 0.25) is 0 Å². The van der Waals surface area contributed by atoms with E-state index in [2.05, 4.69) is 39.4 Å². The van der Waals surface area contributed by atoms with Gasteiger partial charge in [0.05, 0.1) is 17.0 Å². The molecule has 0 spiro atoms. The minimum atomic E-state index is -0.409. The second-order valence-electron chi connectivity index (χ2n) is 9.71. The van der Waals surface area contributed by atoms with Crippen LogP contribution >= 0.6 is 0 Å². The molecule has 2 aliphatic heterocycles. The highest BCUT2D eigenvalue weighted by Gasteiger charge is 2.39. The Hall–Kier alpha value is -4.06. The summed E-state index contributed by atoms with van der Waals surface area (Å²) in [5.74, 6) is -0.317. The maximum absolute atomic E-state index is 14.0. The van der Waals surface area contributed by atoms with Crippen LogP contribution in [0.4, 0.5) is 21.9 Å².